The van der Waals surface area contributed by atoms with Crippen molar-refractivity contribution in [1.82, 2.24) is 4.90 Å². The summed E-state index contributed by atoms with van der Waals surface area (Å²) in [5.74, 6) is -0.594. The Hall–Kier alpha value is -1.14. The van der Waals surface area contributed by atoms with Gasteiger partial charge < -0.3 is 21.1 Å². The minimum Gasteiger partial charge on any atom is -0.377 e. The van der Waals surface area contributed by atoms with Gasteiger partial charge in [0.25, 0.3) is 0 Å². The number of morpholine rings is 1. The van der Waals surface area contributed by atoms with Crippen LogP contribution in [0.2, 0.25) is 0 Å². The van der Waals surface area contributed by atoms with E-state index in [1.807, 2.05) is 0 Å². The van der Waals surface area contributed by atoms with Crippen LogP contribution in [0, 0.1) is 0 Å². The van der Waals surface area contributed by atoms with Crippen molar-refractivity contribution in [2.75, 3.05) is 26.3 Å². The quantitative estimate of drug-likeness (QED) is 0.592. The molecule has 0 aromatic rings. The number of primary amides is 1. The van der Waals surface area contributed by atoms with Gasteiger partial charge in [0.1, 0.15) is 6.04 Å². The zero-order chi connectivity index (χ0) is 11.3. The van der Waals surface area contributed by atoms with E-state index < -0.39 is 11.9 Å². The first-order valence-electron chi connectivity index (χ1n) is 5.03. The molecule has 0 bridgehead atoms. The monoisotopic (exact) mass is 215 g/mol. The molecule has 6 nitrogen and oxygen atoms in total. The lowest BCUT2D eigenvalue weighted by Gasteiger charge is -2.33. The fourth-order valence-electron chi connectivity index (χ4n) is 1.53. The second-order valence-electron chi connectivity index (χ2n) is 3.47. The molecule has 0 aromatic carbocycles. The van der Waals surface area contributed by atoms with Gasteiger partial charge in [-0.3, -0.25) is 9.59 Å². The zero-order valence-electron chi connectivity index (χ0n) is 8.65. The lowest BCUT2D eigenvalue weighted by Crippen LogP contribution is -2.54. The fourth-order valence-corrected chi connectivity index (χ4v) is 1.53. The molecule has 1 unspecified atom stereocenters. The minimum atomic E-state index is -0.621. The largest absolute Gasteiger partial charge is 0.377 e. The molecule has 2 amide bonds. The van der Waals surface area contributed by atoms with Gasteiger partial charge in [-0.2, -0.15) is 0 Å². The Morgan fingerprint density at radius 3 is 2.80 bits per heavy atom. The van der Waals surface area contributed by atoms with E-state index in [4.69, 9.17) is 16.2 Å². The molecular formula is C9H17N3O3. The second kappa shape index (κ2) is 5.67. The Labute approximate surface area is 88.5 Å². The molecular weight excluding hydrogens is 198 g/mol. The average molecular weight is 215 g/mol. The second-order valence-corrected chi connectivity index (χ2v) is 3.47. The van der Waals surface area contributed by atoms with E-state index in [1.165, 1.54) is 4.90 Å². The molecule has 1 saturated heterocycles. The van der Waals surface area contributed by atoms with Crippen LogP contribution in [0.25, 0.3) is 0 Å². The van der Waals surface area contributed by atoms with Crippen LogP contribution in [-0.2, 0) is 14.3 Å². The summed E-state index contributed by atoms with van der Waals surface area (Å²) in [5, 5.41) is 0. The minimum absolute atomic E-state index is 0.0763. The van der Waals surface area contributed by atoms with Crippen LogP contribution in [-0.4, -0.2) is 49.1 Å². The molecule has 1 atom stereocenters. The molecule has 1 aliphatic heterocycles. The van der Waals surface area contributed by atoms with Crippen LogP contribution < -0.4 is 11.5 Å². The lowest BCUT2D eigenvalue weighted by molar-refractivity contribution is -0.147. The predicted octanol–water partition coefficient (Wildman–Crippen LogP) is -1.56. The first-order valence-corrected chi connectivity index (χ1v) is 5.03. The van der Waals surface area contributed by atoms with Crippen molar-refractivity contribution in [2.45, 2.75) is 18.9 Å². The van der Waals surface area contributed by atoms with Gasteiger partial charge in [0, 0.05) is 13.0 Å². The normalized spacial score (nSPS) is 21.4. The van der Waals surface area contributed by atoms with Crippen molar-refractivity contribution in [3.63, 3.8) is 0 Å². The van der Waals surface area contributed by atoms with Gasteiger partial charge in [-0.1, -0.05) is 0 Å². The van der Waals surface area contributed by atoms with Crippen LogP contribution >= 0.6 is 0 Å². The first kappa shape index (κ1) is 11.9. The van der Waals surface area contributed by atoms with Gasteiger partial charge in [0.2, 0.25) is 11.8 Å². The van der Waals surface area contributed by atoms with Gasteiger partial charge in [-0.15, -0.1) is 0 Å². The molecule has 1 heterocycles. The summed E-state index contributed by atoms with van der Waals surface area (Å²) in [7, 11) is 0. The Kier molecular flexibility index (Phi) is 4.51. The van der Waals surface area contributed by atoms with Crippen molar-refractivity contribution in [3.05, 3.63) is 0 Å². The van der Waals surface area contributed by atoms with Crippen LogP contribution in [0.4, 0.5) is 0 Å². The number of carbonyl (C=O) groups is 2. The Balaban J connectivity index is 2.55. The van der Waals surface area contributed by atoms with Gasteiger partial charge in [-0.25, -0.2) is 0 Å². The smallest absolute Gasteiger partial charge is 0.242 e. The number of rotatable bonds is 4. The molecule has 4 N–H and O–H groups in total. The van der Waals surface area contributed by atoms with Crippen LogP contribution in [0.5, 0.6) is 0 Å². The highest BCUT2D eigenvalue weighted by molar-refractivity contribution is 5.86. The van der Waals surface area contributed by atoms with Crippen LogP contribution in [0.1, 0.15) is 12.8 Å². The zero-order valence-corrected chi connectivity index (χ0v) is 8.65. The van der Waals surface area contributed by atoms with Crippen molar-refractivity contribution in [2.24, 2.45) is 11.5 Å². The van der Waals surface area contributed by atoms with Gasteiger partial charge in [0.15, 0.2) is 0 Å². The molecule has 0 saturated carbocycles. The van der Waals surface area contributed by atoms with Crippen LogP contribution in [0.15, 0.2) is 0 Å². The third-order valence-electron chi connectivity index (χ3n) is 2.37. The first-order chi connectivity index (χ1) is 7.16. The van der Waals surface area contributed by atoms with E-state index in [9.17, 15) is 9.59 Å². The highest BCUT2D eigenvalue weighted by Crippen LogP contribution is 2.09. The highest BCUT2D eigenvalue weighted by Gasteiger charge is 2.30. The van der Waals surface area contributed by atoms with Gasteiger partial charge in [-0.05, 0) is 13.0 Å². The molecule has 0 spiro atoms. The maximum Gasteiger partial charge on any atom is 0.242 e. The SMILES string of the molecule is NCCCC(=O)N1CCOCC1C(N)=O. The highest BCUT2D eigenvalue weighted by atomic mass is 16.5. The van der Waals surface area contributed by atoms with Crippen molar-refractivity contribution in [3.8, 4) is 0 Å². The number of nitrogens with two attached hydrogens (primary N) is 2. The number of ether oxygens (including phenoxy) is 1. The third kappa shape index (κ3) is 3.17. The Bertz CT molecular complexity index is 245. The number of hydrogen-bond donors (Lipinski definition) is 2. The average Bonchev–Trinajstić information content (AvgIpc) is 2.25. The molecule has 0 radical (unpaired) electrons. The standard InChI is InChI=1S/C9H17N3O3/c10-3-1-2-8(13)12-4-5-15-6-7(12)9(11)14/h7H,1-6,10H2,(H2,11,14). The van der Waals surface area contributed by atoms with Gasteiger partial charge >= 0.3 is 0 Å². The molecule has 6 heteroatoms. The summed E-state index contributed by atoms with van der Waals surface area (Å²) >= 11 is 0. The Morgan fingerprint density at radius 1 is 1.47 bits per heavy atom. The number of carbonyl (C=O) groups excluding carboxylic acids is 2. The van der Waals surface area contributed by atoms with E-state index >= 15 is 0 Å². The van der Waals surface area contributed by atoms with Crippen molar-refractivity contribution in [1.29, 1.82) is 0 Å². The number of nitrogens with zero attached hydrogens (tertiary/aromatic N) is 1. The van der Waals surface area contributed by atoms with E-state index in [0.29, 0.717) is 32.5 Å². The molecule has 0 aliphatic carbocycles. The van der Waals surface area contributed by atoms with Crippen LogP contribution in [0.3, 0.4) is 0 Å². The molecule has 0 aromatic heterocycles. The summed E-state index contributed by atoms with van der Waals surface area (Å²) in [4.78, 5) is 24.2. The molecule has 1 rings (SSSR count). The molecule has 1 fully saturated rings. The van der Waals surface area contributed by atoms with E-state index in [0.717, 1.165) is 0 Å². The summed E-state index contributed by atoms with van der Waals surface area (Å²) in [5.41, 5.74) is 10.5. The number of hydrogen-bond acceptors (Lipinski definition) is 4. The predicted molar refractivity (Wildman–Crippen MR) is 53.8 cm³/mol. The summed E-state index contributed by atoms with van der Waals surface area (Å²) in [6.45, 7) is 1.55. The number of amides is 2. The van der Waals surface area contributed by atoms with E-state index in [2.05, 4.69) is 0 Å². The van der Waals surface area contributed by atoms with Crippen molar-refractivity contribution >= 4 is 11.8 Å². The summed E-state index contributed by atoms with van der Waals surface area (Å²) in [6.07, 6.45) is 0.988. The molecule has 1 aliphatic rings. The van der Waals surface area contributed by atoms with Gasteiger partial charge in [0.05, 0.1) is 13.2 Å². The van der Waals surface area contributed by atoms with E-state index in [-0.39, 0.29) is 12.5 Å². The van der Waals surface area contributed by atoms with E-state index in [1.54, 1.807) is 0 Å². The summed E-state index contributed by atoms with van der Waals surface area (Å²) in [6, 6.07) is -0.621. The molecule has 15 heavy (non-hydrogen) atoms. The van der Waals surface area contributed by atoms with Crippen molar-refractivity contribution < 1.29 is 14.3 Å². The maximum absolute atomic E-state index is 11.7. The Morgan fingerprint density at radius 2 is 2.20 bits per heavy atom. The topological polar surface area (TPSA) is 98.7 Å². The summed E-state index contributed by atoms with van der Waals surface area (Å²) < 4.78 is 5.11. The fraction of sp³-hybridized carbons (Fsp3) is 0.778. The lowest BCUT2D eigenvalue weighted by atomic mass is 10.2. The molecule has 86 valence electrons. The third-order valence-corrected chi connectivity index (χ3v) is 2.37. The maximum atomic E-state index is 11.7.